The van der Waals surface area contributed by atoms with Crippen molar-refractivity contribution in [3.8, 4) is 0 Å². The van der Waals surface area contributed by atoms with Crippen molar-refractivity contribution in [3.63, 3.8) is 0 Å². The molecule has 0 aliphatic carbocycles. The number of hydrogen-bond acceptors (Lipinski definition) is 3. The van der Waals surface area contributed by atoms with Crippen LogP contribution in [0.3, 0.4) is 0 Å². The topological polar surface area (TPSA) is 50.4 Å². The van der Waals surface area contributed by atoms with Gasteiger partial charge in [0, 0.05) is 5.70 Å². The third-order valence-corrected chi connectivity index (χ3v) is 3.18. The van der Waals surface area contributed by atoms with Gasteiger partial charge in [0.2, 0.25) is 0 Å². The lowest BCUT2D eigenvalue weighted by Crippen LogP contribution is -2.45. The summed E-state index contributed by atoms with van der Waals surface area (Å²) in [6.07, 6.45) is -0.159. The molecule has 0 unspecified atom stereocenters. The van der Waals surface area contributed by atoms with E-state index in [1.807, 2.05) is 51.1 Å². The van der Waals surface area contributed by atoms with Gasteiger partial charge in [-0.1, -0.05) is 30.3 Å². The van der Waals surface area contributed by atoms with Crippen LogP contribution in [0.2, 0.25) is 0 Å². The number of allylic oxidation sites excluding steroid dienone is 1. The number of carbonyl (C=O) groups excluding carboxylic acids is 1. The number of benzene rings is 1. The molecule has 106 valence electrons. The summed E-state index contributed by atoms with van der Waals surface area (Å²) < 4.78 is 5.33. The highest BCUT2D eigenvalue weighted by molar-refractivity contribution is 7.80. The largest absolute Gasteiger partial charge is 0.459 e. The molecule has 1 aliphatic rings. The zero-order valence-electron chi connectivity index (χ0n) is 11.8. The fourth-order valence-corrected chi connectivity index (χ4v) is 2.41. The van der Waals surface area contributed by atoms with E-state index in [4.69, 9.17) is 17.0 Å². The van der Waals surface area contributed by atoms with E-state index in [1.165, 1.54) is 0 Å². The molecule has 1 aromatic carbocycles. The predicted molar refractivity (Wildman–Crippen MR) is 82.0 cm³/mol. The van der Waals surface area contributed by atoms with E-state index in [2.05, 4.69) is 10.6 Å². The summed E-state index contributed by atoms with van der Waals surface area (Å²) in [4.78, 5) is 12.3. The second-order valence-corrected chi connectivity index (χ2v) is 5.34. The van der Waals surface area contributed by atoms with Gasteiger partial charge in [0.05, 0.1) is 17.7 Å². The fraction of sp³-hybridized carbons (Fsp3) is 0.333. The van der Waals surface area contributed by atoms with Crippen LogP contribution in [0, 0.1) is 0 Å². The number of carbonyl (C=O) groups is 1. The normalized spacial score (nSPS) is 18.6. The van der Waals surface area contributed by atoms with Crippen molar-refractivity contribution in [2.75, 3.05) is 0 Å². The van der Waals surface area contributed by atoms with Crippen molar-refractivity contribution in [2.45, 2.75) is 32.9 Å². The lowest BCUT2D eigenvalue weighted by molar-refractivity contribution is -0.143. The van der Waals surface area contributed by atoms with E-state index in [9.17, 15) is 4.79 Å². The number of ether oxygens (including phenoxy) is 1. The Morgan fingerprint density at radius 2 is 1.95 bits per heavy atom. The van der Waals surface area contributed by atoms with Crippen LogP contribution in [-0.2, 0) is 9.53 Å². The zero-order valence-corrected chi connectivity index (χ0v) is 12.6. The van der Waals surface area contributed by atoms with Crippen LogP contribution in [-0.4, -0.2) is 17.2 Å². The van der Waals surface area contributed by atoms with E-state index < -0.39 is 0 Å². The van der Waals surface area contributed by atoms with Crippen molar-refractivity contribution in [3.05, 3.63) is 47.2 Å². The molecule has 2 N–H and O–H groups in total. The first-order chi connectivity index (χ1) is 9.49. The Morgan fingerprint density at radius 3 is 2.55 bits per heavy atom. The molecule has 4 nitrogen and oxygen atoms in total. The number of esters is 1. The summed E-state index contributed by atoms with van der Waals surface area (Å²) in [5.74, 6) is -0.325. The molecule has 0 aromatic heterocycles. The van der Waals surface area contributed by atoms with E-state index in [1.54, 1.807) is 0 Å². The maximum Gasteiger partial charge on any atom is 0.338 e. The average Bonchev–Trinajstić information content (AvgIpc) is 2.37. The molecule has 5 heteroatoms. The molecule has 0 amide bonds. The molecule has 2 rings (SSSR count). The van der Waals surface area contributed by atoms with Crippen molar-refractivity contribution < 1.29 is 9.53 Å². The highest BCUT2D eigenvalue weighted by Crippen LogP contribution is 2.27. The molecule has 0 radical (unpaired) electrons. The molecular weight excluding hydrogens is 272 g/mol. The minimum Gasteiger partial charge on any atom is -0.459 e. The quantitative estimate of drug-likeness (QED) is 0.661. The van der Waals surface area contributed by atoms with E-state index in [0.29, 0.717) is 10.7 Å². The Labute approximate surface area is 124 Å². The Hall–Kier alpha value is -1.88. The highest BCUT2D eigenvalue weighted by Gasteiger charge is 2.31. The predicted octanol–water partition coefficient (Wildman–Crippen LogP) is 2.43. The molecular formula is C15H18N2O2S. The van der Waals surface area contributed by atoms with Crippen molar-refractivity contribution in [1.82, 2.24) is 10.6 Å². The van der Waals surface area contributed by atoms with Gasteiger partial charge < -0.3 is 15.4 Å². The minimum absolute atomic E-state index is 0.159. The van der Waals surface area contributed by atoms with Crippen LogP contribution in [0.4, 0.5) is 0 Å². The Balaban J connectivity index is 2.39. The molecule has 1 heterocycles. The first-order valence-corrected chi connectivity index (χ1v) is 6.94. The third-order valence-electron chi connectivity index (χ3n) is 2.96. The molecule has 0 spiro atoms. The van der Waals surface area contributed by atoms with E-state index in [0.717, 1.165) is 11.3 Å². The van der Waals surface area contributed by atoms with E-state index >= 15 is 0 Å². The smallest absolute Gasteiger partial charge is 0.338 e. The van der Waals surface area contributed by atoms with Crippen molar-refractivity contribution in [2.24, 2.45) is 0 Å². The van der Waals surface area contributed by atoms with Gasteiger partial charge in [-0.3, -0.25) is 0 Å². The Bertz CT molecular complexity index is 552. The number of hydrogen-bond donors (Lipinski definition) is 2. The fourth-order valence-electron chi connectivity index (χ4n) is 2.14. The lowest BCUT2D eigenvalue weighted by atomic mass is 9.96. The first kappa shape index (κ1) is 14.5. The molecule has 1 atom stereocenters. The number of thiocarbonyl (C=S) groups is 1. The maximum absolute atomic E-state index is 12.3. The Kier molecular flexibility index (Phi) is 4.39. The molecule has 0 saturated carbocycles. The SMILES string of the molecule is CC1=C(C(=O)OC(C)C)[C@H](c2ccccc2)NC(=S)N1. The molecule has 0 bridgehead atoms. The van der Waals surface area contributed by atoms with Crippen LogP contribution in [0.5, 0.6) is 0 Å². The van der Waals surface area contributed by atoms with Crippen LogP contribution in [0.1, 0.15) is 32.4 Å². The first-order valence-electron chi connectivity index (χ1n) is 6.53. The van der Waals surface area contributed by atoms with Crippen LogP contribution >= 0.6 is 12.2 Å². The van der Waals surface area contributed by atoms with Gasteiger partial charge >= 0.3 is 5.97 Å². The second-order valence-electron chi connectivity index (χ2n) is 4.93. The van der Waals surface area contributed by atoms with Crippen LogP contribution < -0.4 is 10.6 Å². The monoisotopic (exact) mass is 290 g/mol. The molecule has 1 aliphatic heterocycles. The summed E-state index contributed by atoms with van der Waals surface area (Å²) in [6.45, 7) is 5.50. The third kappa shape index (κ3) is 3.17. The average molecular weight is 290 g/mol. The maximum atomic E-state index is 12.3. The lowest BCUT2D eigenvalue weighted by Gasteiger charge is -2.30. The summed E-state index contributed by atoms with van der Waals surface area (Å²) in [7, 11) is 0. The van der Waals surface area contributed by atoms with Gasteiger partial charge in [-0.25, -0.2) is 4.79 Å². The van der Waals surface area contributed by atoms with Crippen molar-refractivity contribution >= 4 is 23.3 Å². The van der Waals surface area contributed by atoms with Gasteiger partial charge in [-0.15, -0.1) is 0 Å². The zero-order chi connectivity index (χ0) is 14.7. The highest BCUT2D eigenvalue weighted by atomic mass is 32.1. The van der Waals surface area contributed by atoms with Crippen molar-refractivity contribution in [1.29, 1.82) is 0 Å². The summed E-state index contributed by atoms with van der Waals surface area (Å²) in [5.41, 5.74) is 2.28. The van der Waals surface area contributed by atoms with E-state index in [-0.39, 0.29) is 18.1 Å². The van der Waals surface area contributed by atoms with Gasteiger partial charge in [-0.2, -0.15) is 0 Å². The minimum atomic E-state index is -0.325. The van der Waals surface area contributed by atoms with Gasteiger partial charge in [0.25, 0.3) is 0 Å². The summed E-state index contributed by atoms with van der Waals surface area (Å²) in [6, 6.07) is 9.44. The summed E-state index contributed by atoms with van der Waals surface area (Å²) >= 11 is 5.18. The molecule has 0 saturated heterocycles. The van der Waals surface area contributed by atoms with Gasteiger partial charge in [0.15, 0.2) is 5.11 Å². The second kappa shape index (κ2) is 6.05. The van der Waals surface area contributed by atoms with Gasteiger partial charge in [-0.05, 0) is 38.6 Å². The van der Waals surface area contributed by atoms with Crippen LogP contribution in [0.15, 0.2) is 41.6 Å². The molecule has 0 fully saturated rings. The molecule has 1 aromatic rings. The molecule has 20 heavy (non-hydrogen) atoms. The standard InChI is InChI=1S/C15H18N2O2S/c1-9(2)19-14(18)12-10(3)16-15(20)17-13(12)11-7-5-4-6-8-11/h4-9,13H,1-3H3,(H2,16,17,20)/t13-/m0/s1. The number of rotatable bonds is 3. The summed E-state index contributed by atoms with van der Waals surface area (Å²) in [5, 5.41) is 6.62. The van der Waals surface area contributed by atoms with Gasteiger partial charge in [0.1, 0.15) is 0 Å². The number of nitrogens with one attached hydrogen (secondary N) is 2. The Morgan fingerprint density at radius 1 is 1.30 bits per heavy atom. The van der Waals surface area contributed by atoms with Crippen LogP contribution in [0.25, 0.3) is 0 Å².